The van der Waals surface area contributed by atoms with Gasteiger partial charge in [-0.3, -0.25) is 9.78 Å². The predicted molar refractivity (Wildman–Crippen MR) is 102 cm³/mol. The van der Waals surface area contributed by atoms with Crippen LogP contribution in [-0.2, 0) is 0 Å². The molecule has 0 saturated heterocycles. The zero-order valence-corrected chi connectivity index (χ0v) is 16.3. The highest BCUT2D eigenvalue weighted by Crippen LogP contribution is 2.22. The van der Waals surface area contributed by atoms with Crippen LogP contribution in [0.15, 0.2) is 42.0 Å². The zero-order chi connectivity index (χ0) is 21.0. The minimum Gasteiger partial charge on any atom is -0.468 e. The first kappa shape index (κ1) is 20.7. The zero-order valence-electron chi connectivity index (χ0n) is 15.5. The Bertz CT molecular complexity index is 976. The maximum atomic E-state index is 12.7. The van der Waals surface area contributed by atoms with E-state index in [1.165, 1.54) is 23.6 Å². The van der Waals surface area contributed by atoms with Gasteiger partial charge in [-0.25, -0.2) is 9.97 Å². The summed E-state index contributed by atoms with van der Waals surface area (Å²) in [7, 11) is 0. The Hall–Kier alpha value is -3.01. The molecular weight excluding hydrogens is 405 g/mol. The summed E-state index contributed by atoms with van der Waals surface area (Å²) in [5, 5.41) is 5.39. The summed E-state index contributed by atoms with van der Waals surface area (Å²) in [6, 6.07) is 5.82. The van der Waals surface area contributed by atoms with Gasteiger partial charge in [-0.2, -0.15) is 13.2 Å². The topological polar surface area (TPSA) is 77.0 Å². The van der Waals surface area contributed by atoms with Crippen molar-refractivity contribution in [2.75, 3.05) is 6.61 Å². The number of thiazole rings is 1. The minimum absolute atomic E-state index is 0.137. The van der Waals surface area contributed by atoms with E-state index in [0.29, 0.717) is 22.5 Å². The van der Waals surface area contributed by atoms with Crippen molar-refractivity contribution in [1.29, 1.82) is 0 Å². The second-order valence-electron chi connectivity index (χ2n) is 6.25. The molecule has 0 spiro atoms. The Kier molecular flexibility index (Phi) is 6.12. The molecular formula is C19H17F3N4O2S. The molecule has 0 fully saturated rings. The number of amides is 1. The normalized spacial score (nSPS) is 12.4. The number of rotatable bonds is 6. The van der Waals surface area contributed by atoms with E-state index in [2.05, 4.69) is 25.0 Å². The van der Waals surface area contributed by atoms with Crippen molar-refractivity contribution in [2.45, 2.75) is 26.1 Å². The van der Waals surface area contributed by atoms with Crippen LogP contribution in [0, 0.1) is 6.92 Å². The van der Waals surface area contributed by atoms with E-state index in [1.807, 2.05) is 5.38 Å². The van der Waals surface area contributed by atoms with Crippen LogP contribution in [0.5, 0.6) is 5.88 Å². The van der Waals surface area contributed by atoms with Gasteiger partial charge in [0.15, 0.2) is 6.61 Å². The molecule has 3 rings (SSSR count). The third-order valence-corrected chi connectivity index (χ3v) is 4.65. The number of pyridine rings is 2. The van der Waals surface area contributed by atoms with E-state index >= 15 is 0 Å². The van der Waals surface area contributed by atoms with E-state index in [9.17, 15) is 18.0 Å². The molecule has 0 saturated carbocycles. The highest BCUT2D eigenvalue weighted by molar-refractivity contribution is 7.13. The Morgan fingerprint density at radius 1 is 1.28 bits per heavy atom. The van der Waals surface area contributed by atoms with Gasteiger partial charge in [0.05, 0.1) is 11.7 Å². The molecule has 0 aliphatic rings. The molecule has 1 amide bonds. The van der Waals surface area contributed by atoms with E-state index in [4.69, 9.17) is 0 Å². The van der Waals surface area contributed by atoms with Crippen molar-refractivity contribution < 1.29 is 22.7 Å². The van der Waals surface area contributed by atoms with Crippen LogP contribution in [0.4, 0.5) is 13.2 Å². The summed E-state index contributed by atoms with van der Waals surface area (Å²) in [4.78, 5) is 25.1. The second-order valence-corrected chi connectivity index (χ2v) is 7.14. The lowest BCUT2D eigenvalue weighted by Gasteiger charge is -2.15. The fourth-order valence-corrected chi connectivity index (χ4v) is 3.11. The molecule has 1 N–H and O–H groups in total. The fraction of sp³-hybridized carbons (Fsp3) is 0.263. The molecule has 1 atom stereocenters. The predicted octanol–water partition coefficient (Wildman–Crippen LogP) is 4.34. The average molecular weight is 422 g/mol. The monoisotopic (exact) mass is 422 g/mol. The standard InChI is InChI=1S/C19H17F3N4O2S/c1-11-7-14(8-15(25-11)18-23-5-6-29-18)17(27)26-12(2)13-3-4-16(24-9-13)28-10-19(20,21)22/h3-9,12H,10H2,1-2H3,(H,26,27). The van der Waals surface area contributed by atoms with Gasteiger partial charge in [-0.1, -0.05) is 6.07 Å². The summed E-state index contributed by atoms with van der Waals surface area (Å²) >= 11 is 1.43. The van der Waals surface area contributed by atoms with Crippen LogP contribution in [-0.4, -0.2) is 33.6 Å². The number of nitrogens with one attached hydrogen (secondary N) is 1. The van der Waals surface area contributed by atoms with Crippen LogP contribution in [0.25, 0.3) is 10.7 Å². The number of aromatic nitrogens is 3. The number of carbonyl (C=O) groups is 1. The van der Waals surface area contributed by atoms with Crippen molar-refractivity contribution in [1.82, 2.24) is 20.3 Å². The first-order valence-electron chi connectivity index (χ1n) is 8.56. The number of halogens is 3. The fourth-order valence-electron chi connectivity index (χ4n) is 2.51. The molecule has 10 heteroatoms. The van der Waals surface area contributed by atoms with E-state index in [0.717, 1.165) is 5.01 Å². The van der Waals surface area contributed by atoms with E-state index in [1.54, 1.807) is 38.2 Å². The van der Waals surface area contributed by atoms with Gasteiger partial charge in [-0.05, 0) is 31.5 Å². The number of aryl methyl sites for hydroxylation is 1. The highest BCUT2D eigenvalue weighted by Gasteiger charge is 2.28. The number of hydrogen-bond acceptors (Lipinski definition) is 6. The molecule has 3 aromatic heterocycles. The SMILES string of the molecule is Cc1cc(C(=O)NC(C)c2ccc(OCC(F)(F)F)nc2)cc(-c2nccs2)n1. The molecule has 152 valence electrons. The van der Waals surface area contributed by atoms with Gasteiger partial charge in [-0.15, -0.1) is 11.3 Å². The van der Waals surface area contributed by atoms with Crippen LogP contribution in [0.3, 0.4) is 0 Å². The minimum atomic E-state index is -4.43. The first-order chi connectivity index (χ1) is 13.7. The highest BCUT2D eigenvalue weighted by atomic mass is 32.1. The van der Waals surface area contributed by atoms with Crippen LogP contribution >= 0.6 is 11.3 Å². The Balaban J connectivity index is 1.67. The van der Waals surface area contributed by atoms with Gasteiger partial charge >= 0.3 is 6.18 Å². The molecule has 29 heavy (non-hydrogen) atoms. The molecule has 0 aliphatic heterocycles. The maximum absolute atomic E-state index is 12.7. The summed E-state index contributed by atoms with van der Waals surface area (Å²) in [5.74, 6) is -0.444. The van der Waals surface area contributed by atoms with Crippen molar-refractivity contribution in [2.24, 2.45) is 0 Å². The second kappa shape index (κ2) is 8.56. The molecule has 0 bridgehead atoms. The van der Waals surface area contributed by atoms with Gasteiger partial charge in [0, 0.05) is 35.1 Å². The summed E-state index contributed by atoms with van der Waals surface area (Å²) in [6.45, 7) is 2.14. The van der Waals surface area contributed by atoms with Gasteiger partial charge in [0.25, 0.3) is 5.91 Å². The summed E-state index contributed by atoms with van der Waals surface area (Å²) < 4.78 is 41.2. The number of hydrogen-bond donors (Lipinski definition) is 1. The van der Waals surface area contributed by atoms with Gasteiger partial charge in [0.2, 0.25) is 5.88 Å². The molecule has 6 nitrogen and oxygen atoms in total. The third kappa shape index (κ3) is 5.74. The first-order valence-corrected chi connectivity index (χ1v) is 9.44. The van der Waals surface area contributed by atoms with Crippen molar-refractivity contribution in [3.05, 3.63) is 58.9 Å². The number of nitrogens with zero attached hydrogens (tertiary/aromatic N) is 3. The Labute approximate surface area is 168 Å². The lowest BCUT2D eigenvalue weighted by molar-refractivity contribution is -0.154. The largest absolute Gasteiger partial charge is 0.468 e. The molecule has 0 aromatic carbocycles. The Morgan fingerprint density at radius 2 is 2.07 bits per heavy atom. The maximum Gasteiger partial charge on any atom is 0.422 e. The number of alkyl halides is 3. The smallest absolute Gasteiger partial charge is 0.422 e. The molecule has 3 heterocycles. The number of ether oxygens (including phenoxy) is 1. The molecule has 3 aromatic rings. The quantitative estimate of drug-likeness (QED) is 0.640. The van der Waals surface area contributed by atoms with Crippen LogP contribution in [0.1, 0.15) is 34.6 Å². The average Bonchev–Trinajstić information content (AvgIpc) is 3.20. The van der Waals surface area contributed by atoms with Gasteiger partial charge < -0.3 is 10.1 Å². The third-order valence-electron chi connectivity index (χ3n) is 3.86. The van der Waals surface area contributed by atoms with Crippen LogP contribution < -0.4 is 10.1 Å². The summed E-state index contributed by atoms with van der Waals surface area (Å²) in [6.07, 6.45) is -1.39. The molecule has 0 aliphatic carbocycles. The number of carbonyl (C=O) groups excluding carboxylic acids is 1. The lowest BCUT2D eigenvalue weighted by atomic mass is 10.1. The molecule has 1 unspecified atom stereocenters. The van der Waals surface area contributed by atoms with Crippen molar-refractivity contribution in [3.8, 4) is 16.6 Å². The van der Waals surface area contributed by atoms with Crippen LogP contribution in [0.2, 0.25) is 0 Å². The summed E-state index contributed by atoms with van der Waals surface area (Å²) in [5.41, 5.74) is 2.37. The Morgan fingerprint density at radius 3 is 2.69 bits per heavy atom. The van der Waals surface area contributed by atoms with Crippen molar-refractivity contribution in [3.63, 3.8) is 0 Å². The lowest BCUT2D eigenvalue weighted by Crippen LogP contribution is -2.27. The van der Waals surface area contributed by atoms with Gasteiger partial charge in [0.1, 0.15) is 5.01 Å². The molecule has 0 radical (unpaired) electrons. The van der Waals surface area contributed by atoms with Crippen molar-refractivity contribution >= 4 is 17.2 Å². The van der Waals surface area contributed by atoms with E-state index in [-0.39, 0.29) is 11.8 Å². The van der Waals surface area contributed by atoms with E-state index < -0.39 is 18.8 Å².